The van der Waals surface area contributed by atoms with E-state index in [1.54, 1.807) is 6.07 Å². The smallest absolute Gasteiger partial charge is 0.129 e. The molecule has 1 aliphatic carbocycles. The molecule has 0 amide bonds. The zero-order valence-electron chi connectivity index (χ0n) is 9.57. The minimum Gasteiger partial charge on any atom is -0.391 e. The van der Waals surface area contributed by atoms with Crippen LogP contribution in [0, 0.1) is 11.7 Å². The first-order chi connectivity index (χ1) is 8.11. The van der Waals surface area contributed by atoms with Crippen molar-refractivity contribution in [2.45, 2.75) is 37.8 Å². The summed E-state index contributed by atoms with van der Waals surface area (Å²) in [5.41, 5.74) is 6.18. The predicted octanol–water partition coefficient (Wildman–Crippen LogP) is 3.03. The Morgan fingerprint density at radius 1 is 1.35 bits per heavy atom. The van der Waals surface area contributed by atoms with Crippen molar-refractivity contribution in [3.63, 3.8) is 0 Å². The Morgan fingerprint density at radius 3 is 2.59 bits per heavy atom. The zero-order valence-corrected chi connectivity index (χ0v) is 10.3. The van der Waals surface area contributed by atoms with Crippen LogP contribution in [0.3, 0.4) is 0 Å². The lowest BCUT2D eigenvalue weighted by molar-refractivity contribution is 0.0833. The third kappa shape index (κ3) is 2.62. The van der Waals surface area contributed by atoms with Crippen LogP contribution in [0.2, 0.25) is 5.02 Å². The van der Waals surface area contributed by atoms with Gasteiger partial charge in [0.2, 0.25) is 0 Å². The molecule has 1 aromatic rings. The number of aliphatic hydroxyl groups excluding tert-OH is 1. The van der Waals surface area contributed by atoms with Crippen LogP contribution in [0.4, 0.5) is 4.39 Å². The third-order valence-corrected chi connectivity index (χ3v) is 3.91. The molecule has 0 aromatic heterocycles. The summed E-state index contributed by atoms with van der Waals surface area (Å²) in [5.74, 6) is -0.275. The standard InChI is InChI=1S/C13H17ClFNO/c14-9-6-3-7-10(15)11(9)12(16)13(17)8-4-1-2-5-8/h3,6-8,12-13,17H,1-2,4-5,16H2/t12-,13+/m1/s1. The molecule has 94 valence electrons. The maximum absolute atomic E-state index is 13.7. The van der Waals surface area contributed by atoms with Crippen molar-refractivity contribution in [2.75, 3.05) is 0 Å². The number of nitrogens with two attached hydrogens (primary N) is 1. The van der Waals surface area contributed by atoms with Crippen LogP contribution in [0.25, 0.3) is 0 Å². The summed E-state index contributed by atoms with van der Waals surface area (Å²) < 4.78 is 13.7. The second-order valence-corrected chi connectivity index (χ2v) is 5.10. The Morgan fingerprint density at radius 2 is 2.00 bits per heavy atom. The highest BCUT2D eigenvalue weighted by molar-refractivity contribution is 6.31. The number of hydrogen-bond acceptors (Lipinski definition) is 2. The molecule has 2 rings (SSSR count). The van der Waals surface area contributed by atoms with Gasteiger partial charge in [0, 0.05) is 10.6 Å². The van der Waals surface area contributed by atoms with Crippen LogP contribution in [0.1, 0.15) is 37.3 Å². The first kappa shape index (κ1) is 12.8. The summed E-state index contributed by atoms with van der Waals surface area (Å²) in [4.78, 5) is 0. The van der Waals surface area contributed by atoms with Crippen LogP contribution < -0.4 is 5.73 Å². The van der Waals surface area contributed by atoms with Gasteiger partial charge in [0.1, 0.15) is 5.82 Å². The average Bonchev–Trinajstić information content (AvgIpc) is 2.81. The molecule has 1 fully saturated rings. The summed E-state index contributed by atoms with van der Waals surface area (Å²) in [5, 5.41) is 10.5. The molecule has 3 N–H and O–H groups in total. The van der Waals surface area contributed by atoms with Gasteiger partial charge < -0.3 is 10.8 Å². The first-order valence-corrected chi connectivity index (χ1v) is 6.36. The lowest BCUT2D eigenvalue weighted by atomic mass is 9.90. The summed E-state index contributed by atoms with van der Waals surface area (Å²) in [6.07, 6.45) is 3.42. The van der Waals surface area contributed by atoms with Crippen molar-refractivity contribution in [1.82, 2.24) is 0 Å². The molecule has 0 bridgehead atoms. The molecule has 1 saturated carbocycles. The van der Waals surface area contributed by atoms with Crippen molar-refractivity contribution in [3.05, 3.63) is 34.6 Å². The van der Waals surface area contributed by atoms with Crippen LogP contribution >= 0.6 is 11.6 Å². The number of benzene rings is 1. The van der Waals surface area contributed by atoms with Gasteiger partial charge in [0.05, 0.1) is 12.1 Å². The molecule has 0 unspecified atom stereocenters. The van der Waals surface area contributed by atoms with Crippen molar-refractivity contribution in [2.24, 2.45) is 11.7 Å². The minimum atomic E-state index is -0.744. The lowest BCUT2D eigenvalue weighted by Gasteiger charge is -2.25. The van der Waals surface area contributed by atoms with E-state index in [4.69, 9.17) is 17.3 Å². The van der Waals surface area contributed by atoms with Gasteiger partial charge in [-0.15, -0.1) is 0 Å². The molecular weight excluding hydrogens is 241 g/mol. The fourth-order valence-corrected chi connectivity index (χ4v) is 2.88. The van der Waals surface area contributed by atoms with E-state index in [2.05, 4.69) is 0 Å². The minimum absolute atomic E-state index is 0.167. The third-order valence-electron chi connectivity index (χ3n) is 3.58. The average molecular weight is 258 g/mol. The molecule has 4 heteroatoms. The molecule has 0 saturated heterocycles. The number of aliphatic hydroxyl groups is 1. The second kappa shape index (κ2) is 5.34. The van der Waals surface area contributed by atoms with Gasteiger partial charge in [-0.05, 0) is 30.9 Å². The maximum Gasteiger partial charge on any atom is 0.129 e. The topological polar surface area (TPSA) is 46.2 Å². The van der Waals surface area contributed by atoms with Crippen LogP contribution in [0.15, 0.2) is 18.2 Å². The largest absolute Gasteiger partial charge is 0.391 e. The molecule has 1 aliphatic rings. The molecule has 0 aliphatic heterocycles. The van der Waals surface area contributed by atoms with Gasteiger partial charge in [-0.2, -0.15) is 0 Å². The Hall–Kier alpha value is -0.640. The van der Waals surface area contributed by atoms with E-state index in [-0.39, 0.29) is 16.5 Å². The molecular formula is C13H17ClFNO. The molecule has 17 heavy (non-hydrogen) atoms. The van der Waals surface area contributed by atoms with Crippen molar-refractivity contribution >= 4 is 11.6 Å². The molecule has 0 spiro atoms. The number of halogens is 2. The summed E-state index contributed by atoms with van der Waals surface area (Å²) in [6, 6.07) is 3.71. The van der Waals surface area contributed by atoms with E-state index < -0.39 is 18.0 Å². The van der Waals surface area contributed by atoms with E-state index in [1.807, 2.05) is 0 Å². The number of rotatable bonds is 3. The lowest BCUT2D eigenvalue weighted by Crippen LogP contribution is -2.32. The van der Waals surface area contributed by atoms with Gasteiger partial charge in [-0.3, -0.25) is 0 Å². The fourth-order valence-electron chi connectivity index (χ4n) is 2.59. The van der Waals surface area contributed by atoms with Gasteiger partial charge >= 0.3 is 0 Å². The van der Waals surface area contributed by atoms with Crippen molar-refractivity contribution < 1.29 is 9.50 Å². The normalized spacial score (nSPS) is 20.5. The Kier molecular flexibility index (Phi) is 4.02. The molecule has 2 atom stereocenters. The van der Waals surface area contributed by atoms with Crippen LogP contribution in [-0.4, -0.2) is 11.2 Å². The SMILES string of the molecule is N[C@H](c1c(F)cccc1Cl)[C@@H](O)C1CCCC1. The van der Waals surface area contributed by atoms with Gasteiger partial charge in [-0.1, -0.05) is 30.5 Å². The van der Waals surface area contributed by atoms with Crippen molar-refractivity contribution in [1.29, 1.82) is 0 Å². The van der Waals surface area contributed by atoms with Crippen LogP contribution in [0.5, 0.6) is 0 Å². The quantitative estimate of drug-likeness (QED) is 0.874. The fraction of sp³-hybridized carbons (Fsp3) is 0.538. The Bertz CT molecular complexity index is 373. The second-order valence-electron chi connectivity index (χ2n) is 4.70. The summed E-state index contributed by atoms with van der Waals surface area (Å²) >= 11 is 5.94. The van der Waals surface area contributed by atoms with E-state index in [1.165, 1.54) is 12.1 Å². The van der Waals surface area contributed by atoms with Crippen LogP contribution in [-0.2, 0) is 0 Å². The summed E-state index contributed by atoms with van der Waals surface area (Å²) in [7, 11) is 0. The van der Waals surface area contributed by atoms with Crippen molar-refractivity contribution in [3.8, 4) is 0 Å². The number of hydrogen-bond donors (Lipinski definition) is 2. The van der Waals surface area contributed by atoms with E-state index in [9.17, 15) is 9.50 Å². The zero-order chi connectivity index (χ0) is 12.4. The van der Waals surface area contributed by atoms with E-state index >= 15 is 0 Å². The highest BCUT2D eigenvalue weighted by Crippen LogP contribution is 2.35. The molecule has 2 nitrogen and oxygen atoms in total. The molecule has 1 aromatic carbocycles. The predicted molar refractivity (Wildman–Crippen MR) is 66.3 cm³/mol. The van der Waals surface area contributed by atoms with E-state index in [0.717, 1.165) is 25.7 Å². The molecule has 0 radical (unpaired) electrons. The monoisotopic (exact) mass is 257 g/mol. The Balaban J connectivity index is 2.20. The highest BCUT2D eigenvalue weighted by Gasteiger charge is 2.31. The first-order valence-electron chi connectivity index (χ1n) is 5.99. The summed E-state index contributed by atoms with van der Waals surface area (Å²) in [6.45, 7) is 0. The van der Waals surface area contributed by atoms with Gasteiger partial charge in [-0.25, -0.2) is 4.39 Å². The highest BCUT2D eigenvalue weighted by atomic mass is 35.5. The maximum atomic E-state index is 13.7. The Labute approximate surface area is 106 Å². The van der Waals surface area contributed by atoms with E-state index in [0.29, 0.717) is 0 Å². The molecule has 0 heterocycles. The van der Waals surface area contributed by atoms with Gasteiger partial charge in [0.25, 0.3) is 0 Å². The van der Waals surface area contributed by atoms with Gasteiger partial charge in [0.15, 0.2) is 0 Å².